The Morgan fingerprint density at radius 2 is 2.12 bits per heavy atom. The lowest BCUT2D eigenvalue weighted by Crippen LogP contribution is -2.36. The summed E-state index contributed by atoms with van der Waals surface area (Å²) in [5.41, 5.74) is 6.83. The Labute approximate surface area is 92.7 Å². The van der Waals surface area contributed by atoms with E-state index in [1.165, 1.54) is 0 Å². The molecule has 2 nitrogen and oxygen atoms in total. The third kappa shape index (κ3) is 1.99. The van der Waals surface area contributed by atoms with Crippen LogP contribution in [0.3, 0.4) is 0 Å². The van der Waals surface area contributed by atoms with Gasteiger partial charge in [0.05, 0.1) is 12.6 Å². The van der Waals surface area contributed by atoms with Crippen molar-refractivity contribution in [1.29, 1.82) is 0 Å². The van der Waals surface area contributed by atoms with Crippen molar-refractivity contribution >= 4 is 0 Å². The summed E-state index contributed by atoms with van der Waals surface area (Å²) in [6.45, 7) is 4.24. The highest BCUT2D eigenvalue weighted by Crippen LogP contribution is 2.31. The normalized spacial score (nSPS) is 25.8. The molecule has 1 saturated heterocycles. The van der Waals surface area contributed by atoms with Crippen LogP contribution in [0.4, 0.5) is 8.78 Å². The van der Waals surface area contributed by atoms with Gasteiger partial charge in [0.15, 0.2) is 0 Å². The lowest BCUT2D eigenvalue weighted by atomic mass is 9.93. The largest absolute Gasteiger partial charge is 0.371 e. The van der Waals surface area contributed by atoms with E-state index in [9.17, 15) is 8.78 Å². The molecule has 2 N–H and O–H groups in total. The van der Waals surface area contributed by atoms with Gasteiger partial charge < -0.3 is 10.5 Å². The maximum Gasteiger partial charge on any atom is 0.129 e. The first kappa shape index (κ1) is 11.2. The third-order valence-corrected chi connectivity index (χ3v) is 2.78. The Kier molecular flexibility index (Phi) is 3.03. The summed E-state index contributed by atoms with van der Waals surface area (Å²) >= 11 is 0. The molecule has 4 heteroatoms. The zero-order valence-electron chi connectivity index (χ0n) is 8.75. The van der Waals surface area contributed by atoms with Crippen LogP contribution in [0.1, 0.15) is 18.1 Å². The molecule has 0 aromatic heterocycles. The number of benzene rings is 1. The van der Waals surface area contributed by atoms with Gasteiger partial charge in [-0.25, -0.2) is 8.78 Å². The second-order valence-corrected chi connectivity index (χ2v) is 3.89. The molecular weight excluding hydrogens is 212 g/mol. The van der Waals surface area contributed by atoms with E-state index in [-0.39, 0.29) is 5.56 Å². The monoisotopic (exact) mass is 225 g/mol. The summed E-state index contributed by atoms with van der Waals surface area (Å²) in [6.07, 6.45) is 0.0196. The minimum atomic E-state index is -0.642. The van der Waals surface area contributed by atoms with Crippen LogP contribution in [0.5, 0.6) is 0 Å². The second-order valence-electron chi connectivity index (χ2n) is 3.89. The molecule has 2 rings (SSSR count). The molecule has 2 atom stereocenters. The second kappa shape index (κ2) is 4.31. The maximum atomic E-state index is 13.5. The summed E-state index contributed by atoms with van der Waals surface area (Å²) in [6, 6.07) is 2.79. The molecule has 1 aromatic carbocycles. The highest BCUT2D eigenvalue weighted by molar-refractivity contribution is 5.26. The Balaban J connectivity index is 2.35. The van der Waals surface area contributed by atoms with Crippen molar-refractivity contribution < 1.29 is 13.5 Å². The van der Waals surface area contributed by atoms with E-state index < -0.39 is 23.8 Å². The van der Waals surface area contributed by atoms with Crippen LogP contribution in [0, 0.1) is 11.6 Å². The Morgan fingerprint density at radius 1 is 1.38 bits per heavy atom. The van der Waals surface area contributed by atoms with Crippen molar-refractivity contribution in [1.82, 2.24) is 0 Å². The molecule has 1 aliphatic rings. The predicted octanol–water partition coefficient (Wildman–Crippen LogP) is 2.31. The van der Waals surface area contributed by atoms with Gasteiger partial charge in [-0.2, -0.15) is 0 Å². The number of hydrogen-bond donors (Lipinski definition) is 1. The number of nitrogens with two attached hydrogens (primary N) is 1. The first-order valence-corrected chi connectivity index (χ1v) is 5.09. The van der Waals surface area contributed by atoms with Gasteiger partial charge in [0, 0.05) is 5.56 Å². The van der Waals surface area contributed by atoms with Crippen molar-refractivity contribution in [2.75, 3.05) is 6.61 Å². The van der Waals surface area contributed by atoms with E-state index in [1.807, 2.05) is 0 Å². The van der Waals surface area contributed by atoms with Crippen molar-refractivity contribution in [3.8, 4) is 0 Å². The van der Waals surface area contributed by atoms with E-state index in [4.69, 9.17) is 10.5 Å². The molecule has 2 unspecified atom stereocenters. The molecule has 0 spiro atoms. The fourth-order valence-corrected chi connectivity index (χ4v) is 1.82. The molecule has 16 heavy (non-hydrogen) atoms. The first-order chi connectivity index (χ1) is 7.59. The van der Waals surface area contributed by atoms with Gasteiger partial charge in [0.25, 0.3) is 0 Å². The van der Waals surface area contributed by atoms with Gasteiger partial charge in [0.2, 0.25) is 0 Å². The number of ether oxygens (including phenoxy) is 1. The minimum absolute atomic E-state index is 0.161. The van der Waals surface area contributed by atoms with Gasteiger partial charge >= 0.3 is 0 Å². The van der Waals surface area contributed by atoms with Crippen LogP contribution in [0.2, 0.25) is 0 Å². The van der Waals surface area contributed by atoms with Crippen LogP contribution in [-0.4, -0.2) is 12.6 Å². The van der Waals surface area contributed by atoms with Gasteiger partial charge in [-0.1, -0.05) is 12.2 Å². The highest BCUT2D eigenvalue weighted by Gasteiger charge is 2.29. The fraction of sp³-hybridized carbons (Fsp3) is 0.333. The van der Waals surface area contributed by atoms with Gasteiger partial charge in [-0.05, 0) is 24.6 Å². The summed E-state index contributed by atoms with van der Waals surface area (Å²) in [5.74, 6) is -1.00. The number of rotatable bonds is 1. The van der Waals surface area contributed by atoms with Crippen molar-refractivity contribution in [3.05, 3.63) is 47.5 Å². The van der Waals surface area contributed by atoms with E-state index >= 15 is 0 Å². The summed E-state index contributed by atoms with van der Waals surface area (Å²) in [4.78, 5) is 0. The standard InChI is InChI=1S/C12H13F2NO/c1-7-4-5-16-12(11(7)15)9-6-8(13)2-3-10(9)14/h2-3,6,11-12H,1,4-5,15H2. The average Bonchev–Trinajstić information content (AvgIpc) is 2.26. The Morgan fingerprint density at radius 3 is 2.88 bits per heavy atom. The SMILES string of the molecule is C=C1CCOC(c2cc(F)ccc2F)C1N. The molecule has 86 valence electrons. The fourth-order valence-electron chi connectivity index (χ4n) is 1.82. The van der Waals surface area contributed by atoms with Crippen molar-refractivity contribution in [3.63, 3.8) is 0 Å². The average molecular weight is 225 g/mol. The molecule has 1 aromatic rings. The summed E-state index contributed by atoms with van der Waals surface area (Å²) in [7, 11) is 0. The van der Waals surface area contributed by atoms with Crippen LogP contribution < -0.4 is 5.73 Å². The van der Waals surface area contributed by atoms with E-state index in [0.29, 0.717) is 13.0 Å². The molecule has 0 bridgehead atoms. The predicted molar refractivity (Wildman–Crippen MR) is 56.8 cm³/mol. The summed E-state index contributed by atoms with van der Waals surface area (Å²) in [5, 5.41) is 0. The Bertz CT molecular complexity index is 419. The molecule has 1 fully saturated rings. The number of halogens is 2. The highest BCUT2D eigenvalue weighted by atomic mass is 19.1. The van der Waals surface area contributed by atoms with E-state index in [0.717, 1.165) is 23.8 Å². The smallest absolute Gasteiger partial charge is 0.129 e. The molecular formula is C12H13F2NO. The van der Waals surface area contributed by atoms with Crippen molar-refractivity contribution in [2.24, 2.45) is 5.73 Å². The lowest BCUT2D eigenvalue weighted by molar-refractivity contribution is 0.0200. The van der Waals surface area contributed by atoms with E-state index in [2.05, 4.69) is 6.58 Å². The molecule has 0 radical (unpaired) electrons. The van der Waals surface area contributed by atoms with Gasteiger partial charge in [-0.15, -0.1) is 0 Å². The first-order valence-electron chi connectivity index (χ1n) is 5.09. The zero-order chi connectivity index (χ0) is 11.7. The van der Waals surface area contributed by atoms with Gasteiger partial charge in [-0.3, -0.25) is 0 Å². The van der Waals surface area contributed by atoms with Crippen LogP contribution in [0.15, 0.2) is 30.4 Å². The van der Waals surface area contributed by atoms with Crippen LogP contribution in [-0.2, 0) is 4.74 Å². The minimum Gasteiger partial charge on any atom is -0.371 e. The molecule has 1 heterocycles. The maximum absolute atomic E-state index is 13.5. The molecule has 1 aliphatic heterocycles. The summed E-state index contributed by atoms with van der Waals surface area (Å²) < 4.78 is 32.0. The van der Waals surface area contributed by atoms with E-state index in [1.54, 1.807) is 0 Å². The van der Waals surface area contributed by atoms with Gasteiger partial charge in [0.1, 0.15) is 17.7 Å². The Hall–Kier alpha value is -1.26. The van der Waals surface area contributed by atoms with Crippen molar-refractivity contribution in [2.45, 2.75) is 18.6 Å². The van der Waals surface area contributed by atoms with Crippen LogP contribution >= 0.6 is 0 Å². The molecule has 0 saturated carbocycles. The number of hydrogen-bond acceptors (Lipinski definition) is 2. The lowest BCUT2D eigenvalue weighted by Gasteiger charge is -2.31. The quantitative estimate of drug-likeness (QED) is 0.744. The molecule has 0 amide bonds. The zero-order valence-corrected chi connectivity index (χ0v) is 8.75. The molecule has 0 aliphatic carbocycles. The van der Waals surface area contributed by atoms with Crippen LogP contribution in [0.25, 0.3) is 0 Å². The third-order valence-electron chi connectivity index (χ3n) is 2.78. The topological polar surface area (TPSA) is 35.2 Å².